The van der Waals surface area contributed by atoms with Crippen LogP contribution in [0.15, 0.2) is 48.7 Å². The highest BCUT2D eigenvalue weighted by atomic mass is 16.6. The monoisotopic (exact) mass is 299 g/mol. The van der Waals surface area contributed by atoms with Gasteiger partial charge in [-0.05, 0) is 24.1 Å². The number of carbonyl (C=O) groups is 1. The van der Waals surface area contributed by atoms with E-state index in [-0.39, 0.29) is 5.88 Å². The van der Waals surface area contributed by atoms with Gasteiger partial charge in [-0.15, -0.1) is 0 Å². The number of pyridine rings is 1. The fourth-order valence-electron chi connectivity index (χ4n) is 1.78. The van der Waals surface area contributed by atoms with Crippen molar-refractivity contribution in [2.45, 2.75) is 13.8 Å². The Morgan fingerprint density at radius 3 is 2.55 bits per heavy atom. The second kappa shape index (κ2) is 7.45. The average molecular weight is 299 g/mol. The summed E-state index contributed by atoms with van der Waals surface area (Å²) in [6.45, 7) is 5.14. The van der Waals surface area contributed by atoms with E-state index in [1.807, 2.05) is 36.4 Å². The summed E-state index contributed by atoms with van der Waals surface area (Å²) >= 11 is 0. The van der Waals surface area contributed by atoms with Crippen LogP contribution >= 0.6 is 0 Å². The third kappa shape index (κ3) is 4.48. The molecule has 0 saturated heterocycles. The molecule has 0 saturated carbocycles. The van der Waals surface area contributed by atoms with Gasteiger partial charge < -0.3 is 10.1 Å². The van der Waals surface area contributed by atoms with Crippen LogP contribution in [0.5, 0.6) is 5.88 Å². The Morgan fingerprint density at radius 2 is 1.95 bits per heavy atom. The van der Waals surface area contributed by atoms with Gasteiger partial charge in [-0.2, -0.15) is 0 Å². The minimum Gasteiger partial charge on any atom is -0.391 e. The number of nitrogens with zero attached hydrogens (tertiary/aromatic N) is 2. The second-order valence-corrected chi connectivity index (χ2v) is 5.42. The Bertz CT molecular complexity index is 597. The van der Waals surface area contributed by atoms with E-state index in [1.54, 1.807) is 19.3 Å². The van der Waals surface area contributed by atoms with E-state index in [4.69, 9.17) is 4.74 Å². The van der Waals surface area contributed by atoms with Crippen molar-refractivity contribution in [3.63, 3.8) is 0 Å². The van der Waals surface area contributed by atoms with Crippen LogP contribution < -0.4 is 15.0 Å². The Morgan fingerprint density at radius 1 is 1.23 bits per heavy atom. The molecule has 116 valence electrons. The minimum absolute atomic E-state index is 0.280. The number of benzene rings is 1. The maximum absolute atomic E-state index is 12.1. The van der Waals surface area contributed by atoms with Crippen molar-refractivity contribution in [2.75, 3.05) is 23.8 Å². The molecule has 0 fully saturated rings. The molecule has 5 nitrogen and oxygen atoms in total. The molecule has 1 heterocycles. The lowest BCUT2D eigenvalue weighted by molar-refractivity contribution is 0.207. The van der Waals surface area contributed by atoms with Gasteiger partial charge in [0.15, 0.2) is 0 Å². The highest BCUT2D eigenvalue weighted by molar-refractivity contribution is 5.88. The topological polar surface area (TPSA) is 54.5 Å². The van der Waals surface area contributed by atoms with E-state index in [0.29, 0.717) is 5.92 Å². The predicted molar refractivity (Wildman–Crippen MR) is 88.4 cm³/mol. The predicted octanol–water partition coefficient (Wildman–Crippen LogP) is 3.78. The molecule has 0 aliphatic rings. The van der Waals surface area contributed by atoms with Gasteiger partial charge in [0, 0.05) is 25.3 Å². The summed E-state index contributed by atoms with van der Waals surface area (Å²) < 4.78 is 5.26. The summed E-state index contributed by atoms with van der Waals surface area (Å²) in [7, 11) is 1.66. The first-order chi connectivity index (χ1) is 10.6. The van der Waals surface area contributed by atoms with E-state index in [2.05, 4.69) is 24.1 Å². The van der Waals surface area contributed by atoms with Gasteiger partial charge >= 0.3 is 6.09 Å². The van der Waals surface area contributed by atoms with Crippen LogP contribution in [0.3, 0.4) is 0 Å². The van der Waals surface area contributed by atoms with Gasteiger partial charge in [-0.1, -0.05) is 32.0 Å². The van der Waals surface area contributed by atoms with Crippen molar-refractivity contribution in [3.05, 3.63) is 48.7 Å². The normalized spacial score (nSPS) is 10.4. The highest BCUT2D eigenvalue weighted by Crippen LogP contribution is 2.16. The van der Waals surface area contributed by atoms with Crippen molar-refractivity contribution in [1.29, 1.82) is 0 Å². The molecular weight excluding hydrogens is 278 g/mol. The first kappa shape index (κ1) is 15.8. The third-order valence-corrected chi connectivity index (χ3v) is 3.06. The van der Waals surface area contributed by atoms with Gasteiger partial charge in [0.2, 0.25) is 5.88 Å². The van der Waals surface area contributed by atoms with Crippen molar-refractivity contribution in [1.82, 2.24) is 4.98 Å². The number of ether oxygens (including phenoxy) is 1. The molecule has 0 unspecified atom stereocenters. The zero-order valence-corrected chi connectivity index (χ0v) is 13.1. The number of amides is 1. The number of rotatable bonds is 5. The molecule has 1 aromatic heterocycles. The van der Waals surface area contributed by atoms with Crippen LogP contribution in [0.25, 0.3) is 0 Å². The van der Waals surface area contributed by atoms with Crippen molar-refractivity contribution in [3.8, 4) is 5.88 Å². The van der Waals surface area contributed by atoms with E-state index in [9.17, 15) is 4.79 Å². The zero-order valence-electron chi connectivity index (χ0n) is 13.1. The number of hydrogen-bond acceptors (Lipinski definition) is 4. The largest absolute Gasteiger partial charge is 0.420 e. The van der Waals surface area contributed by atoms with E-state index >= 15 is 0 Å². The first-order valence-electron chi connectivity index (χ1n) is 7.27. The molecule has 0 radical (unpaired) electrons. The number of nitrogens with one attached hydrogen (secondary N) is 1. The molecule has 1 amide bonds. The Kier molecular flexibility index (Phi) is 5.36. The molecule has 2 aromatic rings. The molecule has 0 spiro atoms. The summed E-state index contributed by atoms with van der Waals surface area (Å²) in [6.07, 6.45) is 1.19. The highest BCUT2D eigenvalue weighted by Gasteiger charge is 2.13. The van der Waals surface area contributed by atoms with Crippen LogP contribution in [0.1, 0.15) is 13.8 Å². The molecule has 1 N–H and O–H groups in total. The summed E-state index contributed by atoms with van der Waals surface area (Å²) in [6, 6.07) is 12.8. The number of para-hydroxylation sites is 1. The second-order valence-electron chi connectivity index (χ2n) is 5.42. The maximum atomic E-state index is 12.1. The van der Waals surface area contributed by atoms with E-state index in [0.717, 1.165) is 17.9 Å². The summed E-state index contributed by atoms with van der Waals surface area (Å²) in [4.78, 5) is 17.6. The van der Waals surface area contributed by atoms with Crippen LogP contribution in [-0.2, 0) is 0 Å². The molecule has 0 bridgehead atoms. The van der Waals surface area contributed by atoms with Crippen LogP contribution in [0, 0.1) is 5.92 Å². The molecule has 2 rings (SSSR count). The maximum Gasteiger partial charge on any atom is 0.420 e. The van der Waals surface area contributed by atoms with Gasteiger partial charge in [0.25, 0.3) is 0 Å². The smallest absolute Gasteiger partial charge is 0.391 e. The standard InChI is InChI=1S/C17H21N3O2/c1-13(2)11-18-14-9-10-16(19-12-14)22-17(21)20(3)15-7-5-4-6-8-15/h4-10,12-13,18H,11H2,1-3H3. The lowest BCUT2D eigenvalue weighted by Crippen LogP contribution is -2.29. The van der Waals surface area contributed by atoms with E-state index in [1.165, 1.54) is 4.90 Å². The van der Waals surface area contributed by atoms with Crippen molar-refractivity contribution < 1.29 is 9.53 Å². The Balaban J connectivity index is 1.94. The summed E-state index contributed by atoms with van der Waals surface area (Å²) in [5, 5.41) is 3.26. The SMILES string of the molecule is CC(C)CNc1ccc(OC(=O)N(C)c2ccccc2)nc1. The molecule has 22 heavy (non-hydrogen) atoms. The fourth-order valence-corrected chi connectivity index (χ4v) is 1.78. The lowest BCUT2D eigenvalue weighted by Gasteiger charge is -2.16. The van der Waals surface area contributed by atoms with Crippen molar-refractivity contribution >= 4 is 17.5 Å². The number of hydrogen-bond donors (Lipinski definition) is 1. The van der Waals surface area contributed by atoms with Crippen LogP contribution in [-0.4, -0.2) is 24.7 Å². The van der Waals surface area contributed by atoms with Crippen LogP contribution in [0.2, 0.25) is 0 Å². The molecular formula is C17H21N3O2. The third-order valence-electron chi connectivity index (χ3n) is 3.06. The van der Waals surface area contributed by atoms with Gasteiger partial charge in [-0.3, -0.25) is 4.90 Å². The van der Waals surface area contributed by atoms with E-state index < -0.39 is 6.09 Å². The number of aromatic nitrogens is 1. The van der Waals surface area contributed by atoms with Gasteiger partial charge in [0.05, 0.1) is 11.9 Å². The average Bonchev–Trinajstić information content (AvgIpc) is 2.54. The quantitative estimate of drug-likeness (QED) is 0.912. The first-order valence-corrected chi connectivity index (χ1v) is 7.27. The van der Waals surface area contributed by atoms with Crippen molar-refractivity contribution in [2.24, 2.45) is 5.92 Å². The minimum atomic E-state index is -0.471. The molecule has 5 heteroatoms. The number of carbonyl (C=O) groups excluding carboxylic acids is 1. The van der Waals surface area contributed by atoms with Crippen LogP contribution in [0.4, 0.5) is 16.2 Å². The molecule has 0 aliphatic carbocycles. The summed E-state index contributed by atoms with van der Waals surface area (Å²) in [5.41, 5.74) is 1.67. The van der Waals surface area contributed by atoms with Gasteiger partial charge in [0.1, 0.15) is 0 Å². The number of anilines is 2. The molecule has 0 atom stereocenters. The fraction of sp³-hybridized carbons (Fsp3) is 0.294. The Labute approximate surface area is 130 Å². The lowest BCUT2D eigenvalue weighted by atomic mass is 10.2. The Hall–Kier alpha value is -2.56. The van der Waals surface area contributed by atoms with Gasteiger partial charge in [-0.25, -0.2) is 9.78 Å². The zero-order chi connectivity index (χ0) is 15.9. The molecule has 1 aromatic carbocycles. The summed E-state index contributed by atoms with van der Waals surface area (Å²) in [5.74, 6) is 0.833. The molecule has 0 aliphatic heterocycles.